The van der Waals surface area contributed by atoms with Crippen molar-refractivity contribution in [1.82, 2.24) is 4.98 Å². The van der Waals surface area contributed by atoms with Crippen LogP contribution >= 0.6 is 0 Å². The molecule has 0 aliphatic rings. The van der Waals surface area contributed by atoms with Gasteiger partial charge in [0.25, 0.3) is 10.0 Å². The fraction of sp³-hybridized carbons (Fsp3) is 0.0833. The van der Waals surface area contributed by atoms with Gasteiger partial charge in [0, 0.05) is 25.5 Å². The molecular weight excluding hydrogens is 271 g/mol. The summed E-state index contributed by atoms with van der Waals surface area (Å²) in [6.07, 6.45) is 2.44. The molecule has 2 aromatic rings. The zero-order valence-corrected chi connectivity index (χ0v) is 10.8. The number of H-pyrrole nitrogens is 1. The fourth-order valence-corrected chi connectivity index (χ4v) is 2.79. The van der Waals surface area contributed by atoms with E-state index >= 15 is 0 Å². The van der Waals surface area contributed by atoms with Crippen LogP contribution in [0.2, 0.25) is 0 Å². The Morgan fingerprint density at radius 2 is 2.00 bits per heavy atom. The molecule has 0 fully saturated rings. The van der Waals surface area contributed by atoms with Gasteiger partial charge >= 0.3 is 0 Å². The molecule has 0 spiro atoms. The van der Waals surface area contributed by atoms with Gasteiger partial charge in [0.05, 0.1) is 5.69 Å². The van der Waals surface area contributed by atoms with Crippen molar-refractivity contribution in [2.75, 3.05) is 11.4 Å². The summed E-state index contributed by atoms with van der Waals surface area (Å²) in [4.78, 5) is 13.7. The second-order valence-corrected chi connectivity index (χ2v) is 5.76. The lowest BCUT2D eigenvalue weighted by molar-refractivity contribution is 0.593. The Morgan fingerprint density at radius 1 is 1.26 bits per heavy atom. The summed E-state index contributed by atoms with van der Waals surface area (Å²) < 4.78 is 38.5. The van der Waals surface area contributed by atoms with Gasteiger partial charge in [0.15, 0.2) is 4.90 Å². The van der Waals surface area contributed by atoms with Gasteiger partial charge in [-0.05, 0) is 18.2 Å². The molecule has 0 aliphatic carbocycles. The van der Waals surface area contributed by atoms with Crippen LogP contribution in [0.5, 0.6) is 0 Å². The molecule has 2 rings (SSSR count). The standard InChI is InChI=1S/C12H11FN2O3S/c1-15(10-4-2-3-9(13)7-10)19(17,18)12-8-14-6-5-11(12)16/h2-8H,1H3,(H,14,16). The van der Waals surface area contributed by atoms with Crippen LogP contribution in [0, 0.1) is 5.82 Å². The normalized spacial score (nSPS) is 11.3. The van der Waals surface area contributed by atoms with E-state index < -0.39 is 21.3 Å². The Bertz CT molecular complexity index is 755. The van der Waals surface area contributed by atoms with Crippen LogP contribution in [0.4, 0.5) is 10.1 Å². The molecule has 0 aliphatic heterocycles. The van der Waals surface area contributed by atoms with Crippen molar-refractivity contribution in [2.45, 2.75) is 4.90 Å². The Morgan fingerprint density at radius 3 is 2.63 bits per heavy atom. The fourth-order valence-electron chi connectivity index (χ4n) is 1.56. The van der Waals surface area contributed by atoms with Gasteiger partial charge in [0.1, 0.15) is 5.82 Å². The number of sulfonamides is 1. The van der Waals surface area contributed by atoms with Crippen LogP contribution in [0.1, 0.15) is 0 Å². The van der Waals surface area contributed by atoms with Gasteiger partial charge in [-0.2, -0.15) is 0 Å². The third kappa shape index (κ3) is 2.50. The van der Waals surface area contributed by atoms with Crippen molar-refractivity contribution in [3.8, 4) is 0 Å². The van der Waals surface area contributed by atoms with Crippen molar-refractivity contribution < 1.29 is 12.8 Å². The van der Waals surface area contributed by atoms with Gasteiger partial charge in [-0.1, -0.05) is 6.07 Å². The molecular formula is C12H11FN2O3S. The van der Waals surface area contributed by atoms with Crippen molar-refractivity contribution in [2.24, 2.45) is 0 Å². The summed E-state index contributed by atoms with van der Waals surface area (Å²) >= 11 is 0. The summed E-state index contributed by atoms with van der Waals surface area (Å²) in [5.41, 5.74) is -0.481. The Balaban J connectivity index is 2.52. The average Bonchev–Trinajstić information content (AvgIpc) is 2.38. The number of hydrogen-bond donors (Lipinski definition) is 1. The summed E-state index contributed by atoms with van der Waals surface area (Å²) in [7, 11) is -2.76. The highest BCUT2D eigenvalue weighted by Crippen LogP contribution is 2.20. The van der Waals surface area contributed by atoms with Crippen LogP contribution in [0.25, 0.3) is 0 Å². The quantitative estimate of drug-likeness (QED) is 0.923. The summed E-state index contributed by atoms with van der Waals surface area (Å²) in [6, 6.07) is 6.24. The minimum Gasteiger partial charge on any atom is -0.366 e. The van der Waals surface area contributed by atoms with E-state index in [1.807, 2.05) is 0 Å². The van der Waals surface area contributed by atoms with E-state index in [4.69, 9.17) is 0 Å². The molecule has 0 bridgehead atoms. The molecule has 0 saturated heterocycles. The first-order valence-electron chi connectivity index (χ1n) is 5.34. The molecule has 0 radical (unpaired) electrons. The van der Waals surface area contributed by atoms with Crippen LogP contribution < -0.4 is 9.73 Å². The first-order valence-corrected chi connectivity index (χ1v) is 6.78. The third-order valence-corrected chi connectivity index (χ3v) is 4.41. The Labute approximate surface area is 109 Å². The molecule has 19 heavy (non-hydrogen) atoms. The van der Waals surface area contributed by atoms with Gasteiger partial charge < -0.3 is 4.98 Å². The maximum Gasteiger partial charge on any atom is 0.269 e. The number of rotatable bonds is 3. The molecule has 0 amide bonds. The topological polar surface area (TPSA) is 70.2 Å². The number of anilines is 1. The van der Waals surface area contributed by atoms with E-state index in [0.29, 0.717) is 0 Å². The number of aromatic nitrogens is 1. The monoisotopic (exact) mass is 282 g/mol. The van der Waals surface area contributed by atoms with Crippen LogP contribution in [0.15, 0.2) is 52.4 Å². The predicted octanol–water partition coefficient (Wildman–Crippen LogP) is 1.34. The molecule has 100 valence electrons. The van der Waals surface area contributed by atoms with Crippen LogP contribution in [0.3, 0.4) is 0 Å². The van der Waals surface area contributed by atoms with E-state index in [-0.39, 0.29) is 10.6 Å². The average molecular weight is 282 g/mol. The van der Waals surface area contributed by atoms with E-state index in [2.05, 4.69) is 4.98 Å². The lowest BCUT2D eigenvalue weighted by Gasteiger charge is -2.18. The Kier molecular flexibility index (Phi) is 3.39. The second kappa shape index (κ2) is 4.85. The number of pyridine rings is 1. The highest BCUT2D eigenvalue weighted by molar-refractivity contribution is 7.92. The number of benzene rings is 1. The summed E-state index contributed by atoms with van der Waals surface area (Å²) in [5.74, 6) is -0.554. The van der Waals surface area contributed by atoms with E-state index in [1.165, 1.54) is 31.4 Å². The summed E-state index contributed by atoms with van der Waals surface area (Å²) in [5, 5.41) is 0. The molecule has 1 N–H and O–H groups in total. The molecule has 7 heteroatoms. The zero-order chi connectivity index (χ0) is 14.0. The van der Waals surface area contributed by atoms with Crippen molar-refractivity contribution >= 4 is 15.7 Å². The van der Waals surface area contributed by atoms with Gasteiger partial charge in [0.2, 0.25) is 5.43 Å². The third-order valence-electron chi connectivity index (χ3n) is 2.60. The smallest absolute Gasteiger partial charge is 0.269 e. The maximum absolute atomic E-state index is 13.1. The number of halogens is 1. The minimum absolute atomic E-state index is 0.142. The van der Waals surface area contributed by atoms with Crippen molar-refractivity contribution in [1.29, 1.82) is 0 Å². The van der Waals surface area contributed by atoms with Crippen molar-refractivity contribution in [3.63, 3.8) is 0 Å². The van der Waals surface area contributed by atoms with E-state index in [9.17, 15) is 17.6 Å². The molecule has 5 nitrogen and oxygen atoms in total. The number of nitrogens with zero attached hydrogens (tertiary/aromatic N) is 1. The van der Waals surface area contributed by atoms with Crippen LogP contribution in [-0.2, 0) is 10.0 Å². The van der Waals surface area contributed by atoms with Crippen LogP contribution in [-0.4, -0.2) is 20.4 Å². The number of aromatic amines is 1. The highest BCUT2D eigenvalue weighted by Gasteiger charge is 2.24. The number of hydrogen-bond acceptors (Lipinski definition) is 3. The Hall–Kier alpha value is -2.15. The first kappa shape index (κ1) is 13.3. The lowest BCUT2D eigenvalue weighted by Crippen LogP contribution is -2.30. The maximum atomic E-state index is 13.1. The zero-order valence-electron chi connectivity index (χ0n) is 10.00. The first-order chi connectivity index (χ1) is 8.93. The number of nitrogens with one attached hydrogen (secondary N) is 1. The van der Waals surface area contributed by atoms with Gasteiger partial charge in [-0.3, -0.25) is 9.10 Å². The SMILES string of the molecule is CN(c1cccc(F)c1)S(=O)(=O)c1c[nH]ccc1=O. The van der Waals surface area contributed by atoms with E-state index in [1.54, 1.807) is 0 Å². The minimum atomic E-state index is -4.02. The molecule has 0 atom stereocenters. The molecule has 1 aromatic carbocycles. The van der Waals surface area contributed by atoms with Gasteiger partial charge in [-0.25, -0.2) is 12.8 Å². The highest BCUT2D eigenvalue weighted by atomic mass is 32.2. The second-order valence-electron chi connectivity index (χ2n) is 3.83. The largest absolute Gasteiger partial charge is 0.366 e. The summed E-state index contributed by atoms with van der Waals surface area (Å²) in [6.45, 7) is 0. The predicted molar refractivity (Wildman–Crippen MR) is 69.1 cm³/mol. The lowest BCUT2D eigenvalue weighted by atomic mass is 10.3. The molecule has 0 saturated carbocycles. The van der Waals surface area contributed by atoms with E-state index in [0.717, 1.165) is 22.6 Å². The van der Waals surface area contributed by atoms with Crippen molar-refractivity contribution in [3.05, 3.63) is 58.8 Å². The molecule has 1 aromatic heterocycles. The molecule has 1 heterocycles. The molecule has 0 unspecified atom stereocenters. The van der Waals surface area contributed by atoms with Gasteiger partial charge in [-0.15, -0.1) is 0 Å².